The van der Waals surface area contributed by atoms with Gasteiger partial charge in [0.25, 0.3) is 0 Å². The second kappa shape index (κ2) is 8.48. The molecule has 25 heavy (non-hydrogen) atoms. The summed E-state index contributed by atoms with van der Waals surface area (Å²) in [5.41, 5.74) is 0.911. The number of carbonyl (C=O) groups is 1. The number of anilines is 1. The van der Waals surface area contributed by atoms with Crippen molar-refractivity contribution in [3.63, 3.8) is 0 Å². The third-order valence-corrected chi connectivity index (χ3v) is 3.38. The highest BCUT2D eigenvalue weighted by Gasteiger charge is 2.11. The van der Waals surface area contributed by atoms with Crippen LogP contribution in [0.4, 0.5) is 23.2 Å². The quantitative estimate of drug-likeness (QED) is 0.741. The van der Waals surface area contributed by atoms with Crippen molar-refractivity contribution in [1.82, 2.24) is 5.32 Å². The van der Waals surface area contributed by atoms with Crippen LogP contribution in [0.1, 0.15) is 18.5 Å². The van der Waals surface area contributed by atoms with E-state index in [0.717, 1.165) is 12.1 Å². The highest BCUT2D eigenvalue weighted by molar-refractivity contribution is 5.92. The lowest BCUT2D eigenvalue weighted by Gasteiger charge is -2.14. The average molecular weight is 356 g/mol. The number of amides is 1. The lowest BCUT2D eigenvalue weighted by molar-refractivity contribution is -0.115. The molecule has 4 nitrogen and oxygen atoms in total. The third kappa shape index (κ3) is 5.75. The fourth-order valence-corrected chi connectivity index (χ4v) is 2.07. The Morgan fingerprint density at radius 2 is 1.76 bits per heavy atom. The largest absolute Gasteiger partial charge is 0.435 e. The zero-order chi connectivity index (χ0) is 18.4. The van der Waals surface area contributed by atoms with Gasteiger partial charge in [0.05, 0.1) is 6.54 Å². The van der Waals surface area contributed by atoms with E-state index < -0.39 is 18.2 Å². The van der Waals surface area contributed by atoms with Gasteiger partial charge in [-0.15, -0.1) is 0 Å². The molecule has 0 aromatic heterocycles. The molecule has 2 aromatic rings. The Hall–Kier alpha value is -2.61. The highest BCUT2D eigenvalue weighted by Crippen LogP contribution is 2.18. The second-order valence-corrected chi connectivity index (χ2v) is 5.23. The van der Waals surface area contributed by atoms with Crippen LogP contribution in [0.3, 0.4) is 0 Å². The van der Waals surface area contributed by atoms with Crippen molar-refractivity contribution in [3.8, 4) is 5.75 Å². The van der Waals surface area contributed by atoms with Gasteiger partial charge in [-0.2, -0.15) is 8.78 Å². The van der Waals surface area contributed by atoms with Gasteiger partial charge in [0, 0.05) is 11.7 Å². The van der Waals surface area contributed by atoms with E-state index in [0.29, 0.717) is 11.3 Å². The summed E-state index contributed by atoms with van der Waals surface area (Å²) in [4.78, 5) is 11.9. The minimum absolute atomic E-state index is 0.0157. The molecular weight excluding hydrogens is 340 g/mol. The molecule has 0 aliphatic heterocycles. The number of halogens is 4. The Kier molecular flexibility index (Phi) is 6.35. The summed E-state index contributed by atoms with van der Waals surface area (Å²) in [6.07, 6.45) is 0. The molecule has 0 saturated carbocycles. The molecule has 0 heterocycles. The molecule has 0 aliphatic carbocycles. The fourth-order valence-electron chi connectivity index (χ4n) is 2.07. The van der Waals surface area contributed by atoms with E-state index in [4.69, 9.17) is 0 Å². The molecule has 2 aromatic carbocycles. The molecule has 1 atom stereocenters. The molecule has 134 valence electrons. The summed E-state index contributed by atoms with van der Waals surface area (Å²) >= 11 is 0. The van der Waals surface area contributed by atoms with Crippen LogP contribution in [0.2, 0.25) is 0 Å². The van der Waals surface area contributed by atoms with Gasteiger partial charge in [-0.1, -0.05) is 6.07 Å². The van der Waals surface area contributed by atoms with Crippen LogP contribution in [-0.4, -0.2) is 19.1 Å². The van der Waals surface area contributed by atoms with E-state index in [-0.39, 0.29) is 24.2 Å². The van der Waals surface area contributed by atoms with Gasteiger partial charge in [0.2, 0.25) is 5.91 Å². The van der Waals surface area contributed by atoms with Gasteiger partial charge >= 0.3 is 6.61 Å². The second-order valence-electron chi connectivity index (χ2n) is 5.23. The Morgan fingerprint density at radius 1 is 1.08 bits per heavy atom. The standard InChI is InChI=1S/C17H16F4N2O2/c1-10(11-2-7-14(18)15(19)8-11)22-9-16(24)23-12-3-5-13(6-4-12)25-17(20)21/h2-8,10,17,22H,9H2,1H3,(H,23,24)/t10-/m0/s1. The normalized spacial score (nSPS) is 12.1. The van der Waals surface area contributed by atoms with Gasteiger partial charge < -0.3 is 15.4 Å². The molecule has 0 bridgehead atoms. The van der Waals surface area contributed by atoms with Crippen LogP contribution in [0, 0.1) is 11.6 Å². The maximum atomic E-state index is 13.2. The summed E-state index contributed by atoms with van der Waals surface area (Å²) in [5, 5.41) is 5.45. The number of ether oxygens (including phenoxy) is 1. The predicted molar refractivity (Wildman–Crippen MR) is 84.5 cm³/mol. The average Bonchev–Trinajstić information content (AvgIpc) is 2.56. The lowest BCUT2D eigenvalue weighted by atomic mass is 10.1. The third-order valence-electron chi connectivity index (χ3n) is 3.38. The van der Waals surface area contributed by atoms with E-state index in [1.54, 1.807) is 6.92 Å². The van der Waals surface area contributed by atoms with Crippen molar-refractivity contribution >= 4 is 11.6 Å². The smallest absolute Gasteiger partial charge is 0.387 e. The first-order valence-corrected chi connectivity index (χ1v) is 7.38. The summed E-state index contributed by atoms with van der Waals surface area (Å²) < 4.78 is 54.4. The topological polar surface area (TPSA) is 50.4 Å². The molecule has 1 amide bonds. The van der Waals surface area contributed by atoms with Crippen molar-refractivity contribution in [2.75, 3.05) is 11.9 Å². The Labute approximate surface area is 141 Å². The molecule has 0 spiro atoms. The van der Waals surface area contributed by atoms with Crippen molar-refractivity contribution in [1.29, 1.82) is 0 Å². The molecule has 2 N–H and O–H groups in total. The first-order valence-electron chi connectivity index (χ1n) is 7.38. The van der Waals surface area contributed by atoms with E-state index in [1.807, 2.05) is 0 Å². The summed E-state index contributed by atoms with van der Waals surface area (Å²) in [6, 6.07) is 8.60. The molecule has 2 rings (SSSR count). The number of nitrogens with one attached hydrogen (secondary N) is 2. The predicted octanol–water partition coefficient (Wildman–Crippen LogP) is 3.86. The molecule has 8 heteroatoms. The van der Waals surface area contributed by atoms with Crippen LogP contribution >= 0.6 is 0 Å². The van der Waals surface area contributed by atoms with Crippen LogP contribution in [0.5, 0.6) is 5.75 Å². The van der Waals surface area contributed by atoms with Crippen LogP contribution in [0.15, 0.2) is 42.5 Å². The van der Waals surface area contributed by atoms with E-state index in [9.17, 15) is 22.4 Å². The maximum Gasteiger partial charge on any atom is 0.387 e. The number of benzene rings is 2. The first kappa shape index (κ1) is 18.7. The van der Waals surface area contributed by atoms with Gasteiger partial charge in [-0.25, -0.2) is 8.78 Å². The molecule has 0 aliphatic rings. The molecule has 0 unspecified atom stereocenters. The Bertz CT molecular complexity index is 723. The number of alkyl halides is 2. The van der Waals surface area contributed by atoms with Crippen molar-refractivity contribution in [2.45, 2.75) is 19.6 Å². The summed E-state index contributed by atoms with van der Waals surface area (Å²) in [5.74, 6) is -2.29. The van der Waals surface area contributed by atoms with Crippen molar-refractivity contribution < 1.29 is 27.1 Å². The fraction of sp³-hybridized carbons (Fsp3) is 0.235. The van der Waals surface area contributed by atoms with Gasteiger partial charge in [0.1, 0.15) is 5.75 Å². The van der Waals surface area contributed by atoms with Crippen LogP contribution < -0.4 is 15.4 Å². The Morgan fingerprint density at radius 3 is 2.36 bits per heavy atom. The van der Waals surface area contributed by atoms with Gasteiger partial charge in [0.15, 0.2) is 11.6 Å². The van der Waals surface area contributed by atoms with Gasteiger partial charge in [-0.3, -0.25) is 4.79 Å². The number of carbonyl (C=O) groups excluding carboxylic acids is 1. The Balaban J connectivity index is 1.84. The molecular formula is C17H16F4N2O2. The number of hydrogen-bond donors (Lipinski definition) is 2. The van der Waals surface area contributed by atoms with Crippen molar-refractivity contribution in [3.05, 3.63) is 59.7 Å². The number of rotatable bonds is 7. The number of hydrogen-bond acceptors (Lipinski definition) is 3. The highest BCUT2D eigenvalue weighted by atomic mass is 19.3. The van der Waals surface area contributed by atoms with Crippen LogP contribution in [0.25, 0.3) is 0 Å². The molecule has 0 fully saturated rings. The molecule has 0 saturated heterocycles. The van der Waals surface area contributed by atoms with E-state index in [1.165, 1.54) is 30.3 Å². The zero-order valence-corrected chi connectivity index (χ0v) is 13.2. The van der Waals surface area contributed by atoms with Gasteiger partial charge in [-0.05, 0) is 48.9 Å². The minimum Gasteiger partial charge on any atom is -0.435 e. The SMILES string of the molecule is C[C@H](NCC(=O)Nc1ccc(OC(F)F)cc1)c1ccc(F)c(F)c1. The van der Waals surface area contributed by atoms with E-state index in [2.05, 4.69) is 15.4 Å². The summed E-state index contributed by atoms with van der Waals surface area (Å²) in [7, 11) is 0. The van der Waals surface area contributed by atoms with Crippen LogP contribution in [-0.2, 0) is 4.79 Å². The zero-order valence-electron chi connectivity index (χ0n) is 13.2. The minimum atomic E-state index is -2.91. The first-order chi connectivity index (χ1) is 11.8. The van der Waals surface area contributed by atoms with E-state index >= 15 is 0 Å². The van der Waals surface area contributed by atoms with Crippen molar-refractivity contribution in [2.24, 2.45) is 0 Å². The summed E-state index contributed by atoms with van der Waals surface area (Å²) in [6.45, 7) is -1.28. The lowest BCUT2D eigenvalue weighted by Crippen LogP contribution is -2.30. The monoisotopic (exact) mass is 356 g/mol. The maximum absolute atomic E-state index is 13.2. The molecule has 0 radical (unpaired) electrons.